The van der Waals surface area contributed by atoms with Gasteiger partial charge in [0.05, 0.1) is 11.0 Å². The van der Waals surface area contributed by atoms with Crippen molar-refractivity contribution in [2.24, 2.45) is 5.73 Å². The van der Waals surface area contributed by atoms with Gasteiger partial charge in [0.15, 0.2) is 0 Å². The van der Waals surface area contributed by atoms with E-state index in [0.29, 0.717) is 17.6 Å². The van der Waals surface area contributed by atoms with Crippen LogP contribution in [0.2, 0.25) is 0 Å². The first-order valence-electron chi connectivity index (χ1n) is 7.92. The molecule has 0 radical (unpaired) electrons. The fraction of sp³-hybridized carbons (Fsp3) is 0.867. The van der Waals surface area contributed by atoms with Gasteiger partial charge in [-0.25, -0.2) is 0 Å². The first kappa shape index (κ1) is 15.7. The predicted molar refractivity (Wildman–Crippen MR) is 85.6 cm³/mol. The van der Waals surface area contributed by atoms with Crippen molar-refractivity contribution in [3.8, 4) is 0 Å². The van der Waals surface area contributed by atoms with Crippen LogP contribution in [0.25, 0.3) is 0 Å². The lowest BCUT2D eigenvalue weighted by atomic mass is 10.1. The molecule has 0 aromatic heterocycles. The Kier molecular flexibility index (Phi) is 5.78. The highest BCUT2D eigenvalue weighted by Crippen LogP contribution is 2.26. The molecule has 2 rings (SSSR count). The Labute approximate surface area is 127 Å². The summed E-state index contributed by atoms with van der Waals surface area (Å²) in [5.74, 6) is 0.257. The minimum Gasteiger partial charge on any atom is -0.392 e. The normalized spacial score (nSPS) is 22.2. The van der Waals surface area contributed by atoms with E-state index in [4.69, 9.17) is 18.0 Å². The Morgan fingerprint density at radius 1 is 1.25 bits per heavy atom. The van der Waals surface area contributed by atoms with Gasteiger partial charge in [-0.3, -0.25) is 9.69 Å². The van der Waals surface area contributed by atoms with E-state index in [2.05, 4.69) is 4.90 Å². The summed E-state index contributed by atoms with van der Waals surface area (Å²) in [7, 11) is 0. The maximum absolute atomic E-state index is 12.7. The van der Waals surface area contributed by atoms with Gasteiger partial charge in [0, 0.05) is 25.7 Å². The second kappa shape index (κ2) is 7.36. The van der Waals surface area contributed by atoms with Crippen LogP contribution in [0.1, 0.15) is 51.9 Å². The van der Waals surface area contributed by atoms with Gasteiger partial charge in [-0.05, 0) is 39.0 Å². The van der Waals surface area contributed by atoms with Gasteiger partial charge in [0.2, 0.25) is 5.91 Å². The number of amides is 1. The molecule has 20 heavy (non-hydrogen) atoms. The number of hydrogen-bond acceptors (Lipinski definition) is 3. The molecule has 4 nitrogen and oxygen atoms in total. The SMILES string of the molecule is CC(C(=O)N1CCCCC1)N(CC(N)=S)C1CCCC1. The molecule has 1 aliphatic heterocycles. The number of carbonyl (C=O) groups excluding carboxylic acids is 1. The van der Waals surface area contributed by atoms with Crippen molar-refractivity contribution < 1.29 is 4.79 Å². The molecule has 0 aromatic carbocycles. The van der Waals surface area contributed by atoms with E-state index in [0.717, 1.165) is 25.9 Å². The maximum Gasteiger partial charge on any atom is 0.239 e. The lowest BCUT2D eigenvalue weighted by molar-refractivity contribution is -0.137. The second-order valence-corrected chi connectivity index (χ2v) is 6.66. The van der Waals surface area contributed by atoms with E-state index in [9.17, 15) is 4.79 Å². The zero-order valence-corrected chi connectivity index (χ0v) is 13.3. The van der Waals surface area contributed by atoms with Crippen LogP contribution < -0.4 is 5.73 Å². The summed E-state index contributed by atoms with van der Waals surface area (Å²) in [5, 5.41) is 0. The summed E-state index contributed by atoms with van der Waals surface area (Å²) in [5.41, 5.74) is 5.74. The lowest BCUT2D eigenvalue weighted by Gasteiger charge is -2.37. The van der Waals surface area contributed by atoms with Crippen LogP contribution in [0, 0.1) is 0 Å². The third-order valence-corrected chi connectivity index (χ3v) is 4.78. The minimum absolute atomic E-state index is 0.0994. The zero-order valence-electron chi connectivity index (χ0n) is 12.5. The summed E-state index contributed by atoms with van der Waals surface area (Å²) >= 11 is 5.08. The Morgan fingerprint density at radius 2 is 1.85 bits per heavy atom. The highest BCUT2D eigenvalue weighted by molar-refractivity contribution is 7.80. The summed E-state index contributed by atoms with van der Waals surface area (Å²) in [6, 6.07) is 0.373. The van der Waals surface area contributed by atoms with E-state index in [1.165, 1.54) is 32.1 Å². The molecule has 1 amide bonds. The van der Waals surface area contributed by atoms with Gasteiger partial charge >= 0.3 is 0 Å². The highest BCUT2D eigenvalue weighted by Gasteiger charge is 2.32. The molecule has 114 valence electrons. The molecule has 5 heteroatoms. The number of piperidine rings is 1. The molecule has 2 N–H and O–H groups in total. The summed E-state index contributed by atoms with van der Waals surface area (Å²) < 4.78 is 0. The van der Waals surface area contributed by atoms with Crippen molar-refractivity contribution in [1.82, 2.24) is 9.80 Å². The Bertz CT molecular complexity index is 349. The molecule has 1 heterocycles. The van der Waals surface area contributed by atoms with Crippen LogP contribution >= 0.6 is 12.2 Å². The van der Waals surface area contributed by atoms with E-state index >= 15 is 0 Å². The van der Waals surface area contributed by atoms with Gasteiger partial charge in [-0.2, -0.15) is 0 Å². The number of likely N-dealkylation sites (tertiary alicyclic amines) is 1. The number of hydrogen-bond donors (Lipinski definition) is 1. The minimum atomic E-state index is -0.0994. The second-order valence-electron chi connectivity index (χ2n) is 6.14. The third kappa shape index (κ3) is 3.92. The van der Waals surface area contributed by atoms with Gasteiger partial charge in [0.25, 0.3) is 0 Å². The molecule has 0 aromatic rings. The third-order valence-electron chi connectivity index (χ3n) is 4.65. The van der Waals surface area contributed by atoms with E-state index < -0.39 is 0 Å². The topological polar surface area (TPSA) is 49.6 Å². The van der Waals surface area contributed by atoms with E-state index in [1.807, 2.05) is 11.8 Å². The number of carbonyl (C=O) groups is 1. The number of thiocarbonyl (C=S) groups is 1. The molecule has 2 fully saturated rings. The fourth-order valence-electron chi connectivity index (χ4n) is 3.52. The van der Waals surface area contributed by atoms with Gasteiger partial charge in [-0.1, -0.05) is 25.1 Å². The predicted octanol–water partition coefficient (Wildman–Crippen LogP) is 1.92. The molecule has 1 atom stereocenters. The van der Waals surface area contributed by atoms with Crippen LogP contribution in [0.4, 0.5) is 0 Å². The average molecular weight is 297 g/mol. The number of rotatable bonds is 5. The lowest BCUT2D eigenvalue weighted by Crippen LogP contribution is -2.53. The monoisotopic (exact) mass is 297 g/mol. The van der Waals surface area contributed by atoms with Gasteiger partial charge in [0.1, 0.15) is 0 Å². The highest BCUT2D eigenvalue weighted by atomic mass is 32.1. The van der Waals surface area contributed by atoms with Gasteiger partial charge in [-0.15, -0.1) is 0 Å². The smallest absolute Gasteiger partial charge is 0.239 e. The molecule has 0 spiro atoms. The number of nitrogens with zero attached hydrogens (tertiary/aromatic N) is 2. The summed E-state index contributed by atoms with van der Waals surface area (Å²) in [6.07, 6.45) is 8.36. The van der Waals surface area contributed by atoms with Crippen molar-refractivity contribution in [3.63, 3.8) is 0 Å². The Balaban J connectivity index is 2.01. The summed E-state index contributed by atoms with van der Waals surface area (Å²) in [6.45, 7) is 4.41. The quantitative estimate of drug-likeness (QED) is 0.788. The molecular weight excluding hydrogens is 270 g/mol. The van der Waals surface area contributed by atoms with E-state index in [1.54, 1.807) is 0 Å². The fourth-order valence-corrected chi connectivity index (χ4v) is 3.67. The molecule has 1 saturated heterocycles. The maximum atomic E-state index is 12.7. The van der Waals surface area contributed by atoms with Gasteiger partial charge < -0.3 is 10.6 Å². The molecule has 0 bridgehead atoms. The molecule has 1 saturated carbocycles. The Morgan fingerprint density at radius 3 is 2.40 bits per heavy atom. The van der Waals surface area contributed by atoms with Crippen molar-refractivity contribution in [2.75, 3.05) is 19.6 Å². The van der Waals surface area contributed by atoms with Crippen molar-refractivity contribution >= 4 is 23.1 Å². The van der Waals surface area contributed by atoms with Crippen molar-refractivity contribution in [2.45, 2.75) is 64.0 Å². The van der Waals surface area contributed by atoms with Crippen molar-refractivity contribution in [3.05, 3.63) is 0 Å². The van der Waals surface area contributed by atoms with E-state index in [-0.39, 0.29) is 11.9 Å². The van der Waals surface area contributed by atoms with Crippen LogP contribution in [0.15, 0.2) is 0 Å². The van der Waals surface area contributed by atoms with Crippen LogP contribution in [0.5, 0.6) is 0 Å². The molecule has 2 aliphatic rings. The van der Waals surface area contributed by atoms with Crippen LogP contribution in [-0.2, 0) is 4.79 Å². The van der Waals surface area contributed by atoms with Crippen LogP contribution in [0.3, 0.4) is 0 Å². The standard InChI is InChI=1S/C15H27N3OS/c1-12(15(19)17-9-5-2-6-10-17)18(11-14(16)20)13-7-3-4-8-13/h12-13H,2-11H2,1H3,(H2,16,20). The van der Waals surface area contributed by atoms with Crippen LogP contribution in [-0.4, -0.2) is 52.4 Å². The zero-order chi connectivity index (χ0) is 14.5. The molecular formula is C15H27N3OS. The Hall–Kier alpha value is -0.680. The largest absolute Gasteiger partial charge is 0.392 e. The average Bonchev–Trinajstić information content (AvgIpc) is 2.98. The molecule has 1 unspecified atom stereocenters. The first-order chi connectivity index (χ1) is 9.59. The summed E-state index contributed by atoms with van der Waals surface area (Å²) in [4.78, 5) is 17.4. The number of nitrogens with two attached hydrogens (primary N) is 1. The molecule has 1 aliphatic carbocycles. The van der Waals surface area contributed by atoms with Crippen molar-refractivity contribution in [1.29, 1.82) is 0 Å². The first-order valence-corrected chi connectivity index (χ1v) is 8.33.